The molecule has 0 aromatic carbocycles. The second kappa shape index (κ2) is 4.62. The maximum atomic E-state index is 10.5. The van der Waals surface area contributed by atoms with E-state index >= 15 is 0 Å². The van der Waals surface area contributed by atoms with E-state index < -0.39 is 5.97 Å². The highest BCUT2D eigenvalue weighted by Crippen LogP contribution is 2.06. The van der Waals surface area contributed by atoms with Gasteiger partial charge >= 0.3 is 5.97 Å². The van der Waals surface area contributed by atoms with Gasteiger partial charge in [0, 0.05) is 6.20 Å². The number of aromatic nitrogens is 1. The Hall–Kier alpha value is -1.55. The minimum atomic E-state index is -0.972. The molecule has 0 amide bonds. The van der Waals surface area contributed by atoms with Crippen LogP contribution in [0.15, 0.2) is 18.3 Å². The van der Waals surface area contributed by atoms with Gasteiger partial charge in [-0.15, -0.1) is 0 Å². The Kier molecular flexibility index (Phi) is 3.48. The summed E-state index contributed by atoms with van der Waals surface area (Å²) in [6, 6.07) is 1.54. The number of hydrogen-bond donors (Lipinski definition) is 3. The number of H-pyrrole nitrogens is 1. The molecule has 0 saturated heterocycles. The number of carboxylic acid groups (broad SMARTS) is 1. The van der Waals surface area contributed by atoms with Crippen LogP contribution < -0.4 is 0 Å². The molecule has 1 atom stereocenters. The molecule has 14 heavy (non-hydrogen) atoms. The Morgan fingerprint density at radius 1 is 1.71 bits per heavy atom. The summed E-state index contributed by atoms with van der Waals surface area (Å²) >= 11 is 0. The predicted octanol–water partition coefficient (Wildman–Crippen LogP) is 1.50. The van der Waals surface area contributed by atoms with E-state index in [2.05, 4.69) is 4.98 Å². The molecule has 3 N–H and O–H groups in total. The van der Waals surface area contributed by atoms with Crippen LogP contribution in [0.1, 0.15) is 29.4 Å². The molecule has 76 valence electrons. The quantitative estimate of drug-likeness (QED) is 0.681. The number of hydrogen-bond acceptors (Lipinski definition) is 2. The van der Waals surface area contributed by atoms with E-state index in [1.54, 1.807) is 31.3 Å². The number of aromatic amines is 1. The van der Waals surface area contributed by atoms with Crippen molar-refractivity contribution < 1.29 is 15.0 Å². The Labute approximate surface area is 81.9 Å². The van der Waals surface area contributed by atoms with Crippen LogP contribution in [0.2, 0.25) is 0 Å². The third kappa shape index (κ3) is 3.06. The summed E-state index contributed by atoms with van der Waals surface area (Å²) in [7, 11) is 0. The van der Waals surface area contributed by atoms with Crippen LogP contribution in [0.3, 0.4) is 0 Å². The van der Waals surface area contributed by atoms with E-state index in [-0.39, 0.29) is 11.8 Å². The largest absolute Gasteiger partial charge is 0.477 e. The van der Waals surface area contributed by atoms with Gasteiger partial charge in [0.1, 0.15) is 5.69 Å². The number of rotatable bonds is 4. The van der Waals surface area contributed by atoms with Crippen LogP contribution in [0.5, 0.6) is 0 Å². The van der Waals surface area contributed by atoms with E-state index in [4.69, 9.17) is 10.2 Å². The molecule has 0 fully saturated rings. The predicted molar refractivity (Wildman–Crippen MR) is 53.1 cm³/mol. The van der Waals surface area contributed by atoms with Crippen LogP contribution >= 0.6 is 0 Å². The molecule has 1 aromatic heterocycles. The standard InChI is InChI=1S/C10H13NO3/c1-7(12)3-2-4-8-5-9(10(13)14)11-6-8/h2,4-7,11-12H,3H2,1H3,(H,13,14)/b4-2+. The Bertz CT molecular complexity index is 339. The fourth-order valence-electron chi connectivity index (χ4n) is 1.03. The number of aromatic carboxylic acids is 1. The summed E-state index contributed by atoms with van der Waals surface area (Å²) in [6.45, 7) is 1.70. The molecule has 0 aliphatic heterocycles. The van der Waals surface area contributed by atoms with Crippen molar-refractivity contribution in [2.24, 2.45) is 0 Å². The average molecular weight is 195 g/mol. The van der Waals surface area contributed by atoms with Gasteiger partial charge in [-0.05, 0) is 25.0 Å². The summed E-state index contributed by atoms with van der Waals surface area (Å²) in [6.07, 6.45) is 5.38. The van der Waals surface area contributed by atoms with Crippen molar-refractivity contribution in [3.63, 3.8) is 0 Å². The van der Waals surface area contributed by atoms with Crippen molar-refractivity contribution in [2.75, 3.05) is 0 Å². The molecule has 4 nitrogen and oxygen atoms in total. The minimum Gasteiger partial charge on any atom is -0.477 e. The van der Waals surface area contributed by atoms with Crippen molar-refractivity contribution in [3.8, 4) is 0 Å². The number of aliphatic hydroxyl groups is 1. The maximum Gasteiger partial charge on any atom is 0.352 e. The highest BCUT2D eigenvalue weighted by molar-refractivity contribution is 5.86. The number of carboxylic acids is 1. The number of carbonyl (C=O) groups is 1. The van der Waals surface area contributed by atoms with Crippen molar-refractivity contribution >= 4 is 12.0 Å². The molecule has 0 spiro atoms. The smallest absolute Gasteiger partial charge is 0.352 e. The van der Waals surface area contributed by atoms with Crippen molar-refractivity contribution in [3.05, 3.63) is 29.6 Å². The fourth-order valence-corrected chi connectivity index (χ4v) is 1.03. The van der Waals surface area contributed by atoms with Crippen molar-refractivity contribution in [1.29, 1.82) is 0 Å². The molecular weight excluding hydrogens is 182 g/mol. The first-order valence-corrected chi connectivity index (χ1v) is 4.36. The van der Waals surface area contributed by atoms with E-state index in [9.17, 15) is 4.79 Å². The summed E-state index contributed by atoms with van der Waals surface area (Å²) in [5.41, 5.74) is 0.963. The van der Waals surface area contributed by atoms with E-state index in [0.717, 1.165) is 5.56 Å². The molecule has 0 radical (unpaired) electrons. The maximum absolute atomic E-state index is 10.5. The zero-order valence-corrected chi connectivity index (χ0v) is 7.90. The van der Waals surface area contributed by atoms with Crippen LogP contribution in [-0.2, 0) is 0 Å². The molecule has 1 aromatic rings. The molecule has 1 rings (SSSR count). The summed E-state index contributed by atoms with van der Waals surface area (Å²) in [5, 5.41) is 17.6. The molecule has 1 heterocycles. The molecule has 0 aliphatic rings. The highest BCUT2D eigenvalue weighted by Gasteiger charge is 2.03. The van der Waals surface area contributed by atoms with Gasteiger partial charge in [0.15, 0.2) is 0 Å². The molecule has 4 heteroatoms. The summed E-state index contributed by atoms with van der Waals surface area (Å²) in [5.74, 6) is -0.972. The van der Waals surface area contributed by atoms with Gasteiger partial charge < -0.3 is 15.2 Å². The summed E-state index contributed by atoms with van der Waals surface area (Å²) < 4.78 is 0. The number of nitrogens with one attached hydrogen (secondary N) is 1. The Morgan fingerprint density at radius 3 is 2.93 bits per heavy atom. The monoisotopic (exact) mass is 195 g/mol. The zero-order valence-electron chi connectivity index (χ0n) is 7.90. The Balaban J connectivity index is 2.59. The van der Waals surface area contributed by atoms with Crippen LogP contribution in [0.25, 0.3) is 6.08 Å². The first-order chi connectivity index (χ1) is 6.59. The fraction of sp³-hybridized carbons (Fsp3) is 0.300. The molecule has 0 bridgehead atoms. The minimum absolute atomic E-state index is 0.168. The van der Waals surface area contributed by atoms with Gasteiger partial charge in [-0.2, -0.15) is 0 Å². The van der Waals surface area contributed by atoms with Crippen LogP contribution in [0.4, 0.5) is 0 Å². The third-order valence-corrected chi connectivity index (χ3v) is 1.72. The van der Waals surface area contributed by atoms with Gasteiger partial charge in [0.2, 0.25) is 0 Å². The normalized spacial score (nSPS) is 13.3. The zero-order chi connectivity index (χ0) is 10.6. The highest BCUT2D eigenvalue weighted by atomic mass is 16.4. The van der Waals surface area contributed by atoms with Gasteiger partial charge in [-0.3, -0.25) is 0 Å². The lowest BCUT2D eigenvalue weighted by Gasteiger charge is -1.94. The van der Waals surface area contributed by atoms with Crippen LogP contribution in [-0.4, -0.2) is 27.3 Å². The first kappa shape index (κ1) is 10.5. The van der Waals surface area contributed by atoms with Gasteiger partial charge in [0.25, 0.3) is 0 Å². The van der Waals surface area contributed by atoms with Crippen molar-refractivity contribution in [2.45, 2.75) is 19.4 Å². The lowest BCUT2D eigenvalue weighted by molar-refractivity contribution is 0.0691. The summed E-state index contributed by atoms with van der Waals surface area (Å²) in [4.78, 5) is 13.1. The van der Waals surface area contributed by atoms with Gasteiger partial charge in [-0.25, -0.2) is 4.79 Å². The lowest BCUT2D eigenvalue weighted by Crippen LogP contribution is -1.95. The van der Waals surface area contributed by atoms with Crippen LogP contribution in [0, 0.1) is 0 Å². The number of aliphatic hydroxyl groups excluding tert-OH is 1. The van der Waals surface area contributed by atoms with E-state index in [1.807, 2.05) is 0 Å². The van der Waals surface area contributed by atoms with Gasteiger partial charge in [0.05, 0.1) is 6.10 Å². The third-order valence-electron chi connectivity index (χ3n) is 1.72. The Morgan fingerprint density at radius 2 is 2.43 bits per heavy atom. The lowest BCUT2D eigenvalue weighted by atomic mass is 10.2. The molecule has 1 unspecified atom stereocenters. The second-order valence-corrected chi connectivity index (χ2v) is 3.14. The van der Waals surface area contributed by atoms with E-state index in [1.165, 1.54) is 0 Å². The SMILES string of the molecule is CC(O)C/C=C/c1c[nH]c(C(=O)O)c1. The molecule has 0 aliphatic carbocycles. The molecule has 0 saturated carbocycles. The topological polar surface area (TPSA) is 73.3 Å². The molecular formula is C10H13NO3. The first-order valence-electron chi connectivity index (χ1n) is 4.36. The van der Waals surface area contributed by atoms with Crippen molar-refractivity contribution in [1.82, 2.24) is 4.98 Å². The second-order valence-electron chi connectivity index (χ2n) is 3.14. The van der Waals surface area contributed by atoms with E-state index in [0.29, 0.717) is 6.42 Å². The average Bonchev–Trinajstić information content (AvgIpc) is 2.52. The van der Waals surface area contributed by atoms with Gasteiger partial charge in [-0.1, -0.05) is 12.2 Å².